The molecule has 0 saturated heterocycles. The molecule has 400 valence electrons. The number of phosphoric acid groups is 3. The van der Waals surface area contributed by atoms with Crippen LogP contribution in [0.15, 0.2) is 60.8 Å². The number of rotatable bonds is 41. The zero-order valence-electron chi connectivity index (χ0n) is 40.6. The van der Waals surface area contributed by atoms with E-state index in [1.54, 1.807) is 0 Å². The SMILES string of the molecule is CCC=CCC=CCC=CCC=CCCCCCCC(=O)OC[C@H](COP(=O)(O)O[C@H]1C(O)C(O)C(OP(=O)(O)O)[C@@H](OP(=O)(O)O)C1O)OC(=O)CCCCCCCC=CCCCCCCCC. The van der Waals surface area contributed by atoms with Crippen LogP contribution in [0.5, 0.6) is 0 Å². The van der Waals surface area contributed by atoms with E-state index >= 15 is 0 Å². The van der Waals surface area contributed by atoms with Crippen molar-refractivity contribution in [2.45, 2.75) is 211 Å². The minimum Gasteiger partial charge on any atom is -0.462 e. The average molecular weight is 1050 g/mol. The smallest absolute Gasteiger partial charge is 0.462 e. The Morgan fingerprint density at radius 3 is 1.38 bits per heavy atom. The molecule has 8 atom stereocenters. The summed E-state index contributed by atoms with van der Waals surface area (Å²) in [5.41, 5.74) is 0. The van der Waals surface area contributed by atoms with Crippen molar-refractivity contribution in [2.75, 3.05) is 13.2 Å². The lowest BCUT2D eigenvalue weighted by atomic mass is 9.85. The normalized spacial score (nSPS) is 21.8. The molecule has 1 fully saturated rings. The Bertz CT molecular complexity index is 1670. The summed E-state index contributed by atoms with van der Waals surface area (Å²) in [6.45, 7) is 2.80. The number of aliphatic hydroxyl groups is 3. The number of hydrogen-bond acceptors (Lipinski definition) is 14. The van der Waals surface area contributed by atoms with Gasteiger partial charge in [-0.05, 0) is 77.0 Å². The molecule has 0 spiro atoms. The third kappa shape index (κ3) is 34.8. The predicted molar refractivity (Wildman–Crippen MR) is 261 cm³/mol. The van der Waals surface area contributed by atoms with E-state index in [1.807, 2.05) is 0 Å². The van der Waals surface area contributed by atoms with Gasteiger partial charge in [-0.2, -0.15) is 0 Å². The fraction of sp³-hybridized carbons (Fsp3) is 0.745. The van der Waals surface area contributed by atoms with E-state index in [-0.39, 0.29) is 12.8 Å². The topological polar surface area (TPSA) is 303 Å². The molecule has 0 bridgehead atoms. The fourth-order valence-electron chi connectivity index (χ4n) is 7.16. The van der Waals surface area contributed by atoms with E-state index in [0.29, 0.717) is 12.8 Å². The summed E-state index contributed by atoms with van der Waals surface area (Å²) in [4.78, 5) is 73.3. The van der Waals surface area contributed by atoms with Crippen LogP contribution in [0.2, 0.25) is 0 Å². The number of esters is 2. The summed E-state index contributed by atoms with van der Waals surface area (Å²) < 4.78 is 65.5. The highest BCUT2D eigenvalue weighted by Crippen LogP contribution is 2.51. The van der Waals surface area contributed by atoms with Crippen molar-refractivity contribution < 1.29 is 90.6 Å². The Morgan fingerprint density at radius 2 is 0.884 bits per heavy atom. The molecule has 19 nitrogen and oxygen atoms in total. The van der Waals surface area contributed by atoms with E-state index in [2.05, 4.69) is 83.7 Å². The first kappa shape index (κ1) is 64.9. The summed E-state index contributed by atoms with van der Waals surface area (Å²) in [7, 11) is -16.6. The van der Waals surface area contributed by atoms with Gasteiger partial charge in [-0.25, -0.2) is 13.7 Å². The zero-order valence-corrected chi connectivity index (χ0v) is 43.3. The van der Waals surface area contributed by atoms with E-state index in [9.17, 15) is 63.1 Å². The van der Waals surface area contributed by atoms with Crippen molar-refractivity contribution in [2.24, 2.45) is 0 Å². The molecule has 0 aromatic carbocycles. The largest absolute Gasteiger partial charge is 0.472 e. The lowest BCUT2D eigenvalue weighted by Crippen LogP contribution is -2.65. The highest BCUT2D eigenvalue weighted by atomic mass is 31.2. The quantitative estimate of drug-likeness (QED) is 0.0122. The first-order valence-electron chi connectivity index (χ1n) is 24.6. The highest BCUT2D eigenvalue weighted by Gasteiger charge is 2.56. The van der Waals surface area contributed by atoms with Crippen LogP contribution < -0.4 is 0 Å². The molecule has 0 aromatic rings. The molecule has 0 heterocycles. The third-order valence-electron chi connectivity index (χ3n) is 10.8. The summed E-state index contributed by atoms with van der Waals surface area (Å²) in [5, 5.41) is 31.9. The maximum Gasteiger partial charge on any atom is 0.472 e. The van der Waals surface area contributed by atoms with Crippen molar-refractivity contribution in [3.05, 3.63) is 60.8 Å². The second-order valence-electron chi connectivity index (χ2n) is 17.0. The molecule has 69 heavy (non-hydrogen) atoms. The second kappa shape index (κ2) is 38.5. The Kier molecular flexibility index (Phi) is 36.2. The van der Waals surface area contributed by atoms with Gasteiger partial charge >= 0.3 is 35.4 Å². The van der Waals surface area contributed by atoms with Gasteiger partial charge < -0.3 is 49.3 Å². The third-order valence-corrected chi connectivity index (χ3v) is 12.8. The summed E-state index contributed by atoms with van der Waals surface area (Å²) in [6.07, 6.45) is 26.6. The lowest BCUT2D eigenvalue weighted by molar-refractivity contribution is -0.213. The van der Waals surface area contributed by atoms with Crippen molar-refractivity contribution in [3.8, 4) is 0 Å². The Balaban J connectivity index is 2.74. The Labute approximate surface area is 409 Å². The summed E-state index contributed by atoms with van der Waals surface area (Å²) >= 11 is 0. The predicted octanol–water partition coefficient (Wildman–Crippen LogP) is 9.18. The molecule has 8 N–H and O–H groups in total. The molecule has 1 aliphatic rings. The van der Waals surface area contributed by atoms with E-state index in [4.69, 9.17) is 18.5 Å². The number of carbonyl (C=O) groups is 2. The fourth-order valence-corrected chi connectivity index (χ4v) is 9.25. The van der Waals surface area contributed by atoms with Crippen molar-refractivity contribution in [3.63, 3.8) is 0 Å². The molecule has 0 aromatic heterocycles. The number of carbonyl (C=O) groups excluding carboxylic acids is 2. The number of aliphatic hydroxyl groups excluding tert-OH is 3. The first-order valence-corrected chi connectivity index (χ1v) is 29.1. The molecule has 5 unspecified atom stereocenters. The zero-order chi connectivity index (χ0) is 51.4. The molecule has 0 radical (unpaired) electrons. The van der Waals surface area contributed by atoms with Crippen LogP contribution in [0.3, 0.4) is 0 Å². The minimum atomic E-state index is -5.61. The molecule has 0 amide bonds. The summed E-state index contributed by atoms with van der Waals surface area (Å²) in [6, 6.07) is 0. The molecule has 1 rings (SSSR count). The number of allylic oxidation sites excluding steroid dienone is 10. The van der Waals surface area contributed by atoms with Crippen LogP contribution in [0.25, 0.3) is 0 Å². The maximum atomic E-state index is 13.1. The monoisotopic (exact) mass is 1040 g/mol. The van der Waals surface area contributed by atoms with Crippen LogP contribution in [-0.2, 0) is 50.9 Å². The number of unbranched alkanes of at least 4 members (excludes halogenated alkanes) is 15. The molecule has 1 aliphatic carbocycles. The van der Waals surface area contributed by atoms with Crippen molar-refractivity contribution in [1.29, 1.82) is 0 Å². The van der Waals surface area contributed by atoms with Gasteiger partial charge in [-0.1, -0.05) is 139 Å². The molecular weight excluding hydrogens is 961 g/mol. The molecule has 0 aliphatic heterocycles. The van der Waals surface area contributed by atoms with Gasteiger partial charge in [0.2, 0.25) is 0 Å². The van der Waals surface area contributed by atoms with E-state index in [0.717, 1.165) is 89.9 Å². The van der Waals surface area contributed by atoms with Crippen LogP contribution in [-0.4, -0.2) is 108 Å². The molecule has 22 heteroatoms. The Morgan fingerprint density at radius 1 is 0.478 bits per heavy atom. The molecular formula is C47H83O19P3. The number of ether oxygens (including phenoxy) is 2. The van der Waals surface area contributed by atoms with E-state index in [1.165, 1.54) is 38.5 Å². The van der Waals surface area contributed by atoms with Gasteiger partial charge in [0.15, 0.2) is 6.10 Å². The van der Waals surface area contributed by atoms with Crippen LogP contribution >= 0.6 is 23.5 Å². The average Bonchev–Trinajstić information content (AvgIpc) is 3.28. The van der Waals surface area contributed by atoms with Gasteiger partial charge in [-0.3, -0.25) is 27.7 Å². The van der Waals surface area contributed by atoms with Gasteiger partial charge in [0.1, 0.15) is 43.2 Å². The maximum absolute atomic E-state index is 13.1. The minimum absolute atomic E-state index is 0.0199. The van der Waals surface area contributed by atoms with Gasteiger partial charge in [-0.15, -0.1) is 0 Å². The summed E-state index contributed by atoms with van der Waals surface area (Å²) in [5.74, 6) is -1.34. The van der Waals surface area contributed by atoms with Crippen molar-refractivity contribution in [1.82, 2.24) is 0 Å². The first-order chi connectivity index (χ1) is 32.8. The van der Waals surface area contributed by atoms with Crippen LogP contribution in [0.4, 0.5) is 0 Å². The van der Waals surface area contributed by atoms with Gasteiger partial charge in [0, 0.05) is 12.8 Å². The van der Waals surface area contributed by atoms with Crippen LogP contribution in [0.1, 0.15) is 168 Å². The molecule has 1 saturated carbocycles. The van der Waals surface area contributed by atoms with Gasteiger partial charge in [0.25, 0.3) is 0 Å². The number of phosphoric ester groups is 3. The number of hydrogen-bond donors (Lipinski definition) is 8. The van der Waals surface area contributed by atoms with Crippen LogP contribution in [0, 0.1) is 0 Å². The second-order valence-corrected chi connectivity index (χ2v) is 20.8. The Hall–Kier alpha value is -2.15. The van der Waals surface area contributed by atoms with Crippen molar-refractivity contribution >= 4 is 35.4 Å². The van der Waals surface area contributed by atoms with E-state index < -0.39 is 91.3 Å². The highest BCUT2D eigenvalue weighted by molar-refractivity contribution is 7.47. The standard InChI is InChI=1S/C47H83O19P3/c1-3-5-7-9-11-13-15-17-19-20-22-23-25-27-29-31-33-35-40(48)61-37-39(63-41(49)36-34-32-30-28-26-24-21-18-16-14-12-10-8-6-4-2)38-62-69(59,60)66-45-42(50)43(51)46(64-67(53,54)55)47(44(45)52)65-68(56,57)58/h5,7,11,13,17-19,21-23,39,42-47,50-52H,3-4,6,8-10,12,14-16,20,24-38H2,1-2H3,(H,59,60)(H2,53,54,55)(H2,56,57,58)/t39-,42?,43?,44?,45+,46?,47+/m1/s1. The van der Waals surface area contributed by atoms with Gasteiger partial charge in [0.05, 0.1) is 6.61 Å². The lowest BCUT2D eigenvalue weighted by Gasteiger charge is -2.44.